The third-order valence-corrected chi connectivity index (χ3v) is 5.15. The van der Waals surface area contributed by atoms with Crippen molar-refractivity contribution in [2.24, 2.45) is 0 Å². The molecule has 1 atom stereocenters. The number of hydrogen-bond acceptors (Lipinski definition) is 4. The Kier molecular flexibility index (Phi) is 4.23. The molecule has 0 saturated carbocycles. The van der Waals surface area contributed by atoms with Crippen LogP contribution in [0, 0.1) is 5.82 Å². The number of carbonyl (C=O) groups excluding carboxylic acids is 1. The largest absolute Gasteiger partial charge is 0.357 e. The Bertz CT molecular complexity index is 860. The number of aromatic nitrogens is 2. The lowest BCUT2D eigenvalue weighted by Gasteiger charge is -2.15. The number of H-pyrrole nitrogens is 1. The third-order valence-electron chi connectivity index (χ3n) is 4.32. The number of nitrogens with zero attached hydrogens (tertiary/aromatic N) is 2. The van der Waals surface area contributed by atoms with Gasteiger partial charge in [0, 0.05) is 36.9 Å². The molecule has 1 aliphatic rings. The van der Waals surface area contributed by atoms with E-state index in [9.17, 15) is 9.18 Å². The number of anilines is 1. The van der Waals surface area contributed by atoms with Gasteiger partial charge in [0.1, 0.15) is 11.5 Å². The molecule has 1 saturated heterocycles. The predicted octanol–water partition coefficient (Wildman–Crippen LogP) is 3.29. The van der Waals surface area contributed by atoms with E-state index in [1.807, 2.05) is 5.38 Å². The zero-order chi connectivity index (χ0) is 17.2. The van der Waals surface area contributed by atoms with Crippen molar-refractivity contribution in [2.45, 2.75) is 12.5 Å². The molecule has 2 N–H and O–H groups in total. The van der Waals surface area contributed by atoms with Crippen LogP contribution in [-0.2, 0) is 0 Å². The standard InChI is InChI=1S/C18H17FN4OS/c19-14-3-1-12(2-4-14)13-9-16(21-10-13)17(24)22-15-5-7-23(11-15)18-20-6-8-25-18/h1-4,6,8-10,15,21H,5,7,11H2,(H,22,24). The summed E-state index contributed by atoms with van der Waals surface area (Å²) >= 11 is 1.61. The van der Waals surface area contributed by atoms with E-state index < -0.39 is 0 Å². The van der Waals surface area contributed by atoms with E-state index in [1.165, 1.54) is 12.1 Å². The van der Waals surface area contributed by atoms with E-state index in [4.69, 9.17) is 0 Å². The normalized spacial score (nSPS) is 17.0. The molecule has 0 aliphatic carbocycles. The fraction of sp³-hybridized carbons (Fsp3) is 0.222. The molecule has 0 radical (unpaired) electrons. The van der Waals surface area contributed by atoms with Crippen molar-refractivity contribution in [3.63, 3.8) is 0 Å². The molecule has 3 aromatic rings. The molecular formula is C18H17FN4OS. The van der Waals surface area contributed by atoms with Crippen LogP contribution in [0.2, 0.25) is 0 Å². The van der Waals surface area contributed by atoms with Gasteiger partial charge >= 0.3 is 0 Å². The molecule has 1 aliphatic heterocycles. The van der Waals surface area contributed by atoms with E-state index in [0.717, 1.165) is 35.8 Å². The number of thiazole rings is 1. The van der Waals surface area contributed by atoms with Gasteiger partial charge in [0.15, 0.2) is 5.13 Å². The van der Waals surface area contributed by atoms with E-state index in [-0.39, 0.29) is 17.8 Å². The molecule has 1 unspecified atom stereocenters. The van der Waals surface area contributed by atoms with Crippen LogP contribution in [0.4, 0.5) is 9.52 Å². The first-order valence-electron chi connectivity index (χ1n) is 8.09. The van der Waals surface area contributed by atoms with Gasteiger partial charge < -0.3 is 15.2 Å². The quantitative estimate of drug-likeness (QED) is 0.754. The number of rotatable bonds is 4. The molecule has 25 heavy (non-hydrogen) atoms. The zero-order valence-electron chi connectivity index (χ0n) is 13.4. The number of amides is 1. The fourth-order valence-corrected chi connectivity index (χ4v) is 3.70. The second-order valence-electron chi connectivity index (χ2n) is 6.03. The number of nitrogens with one attached hydrogen (secondary N) is 2. The Balaban J connectivity index is 1.40. The van der Waals surface area contributed by atoms with E-state index >= 15 is 0 Å². The van der Waals surface area contributed by atoms with Crippen LogP contribution < -0.4 is 10.2 Å². The Morgan fingerprint density at radius 2 is 2.16 bits per heavy atom. The average Bonchev–Trinajstić information content (AvgIpc) is 3.36. The average molecular weight is 356 g/mol. The maximum Gasteiger partial charge on any atom is 0.267 e. The van der Waals surface area contributed by atoms with Crippen molar-refractivity contribution in [1.82, 2.24) is 15.3 Å². The van der Waals surface area contributed by atoms with Gasteiger partial charge in [-0.2, -0.15) is 0 Å². The molecule has 5 nitrogen and oxygen atoms in total. The van der Waals surface area contributed by atoms with E-state index in [0.29, 0.717) is 5.69 Å². The van der Waals surface area contributed by atoms with Gasteiger partial charge in [-0.15, -0.1) is 11.3 Å². The minimum Gasteiger partial charge on any atom is -0.357 e. The molecule has 3 heterocycles. The molecule has 1 aromatic carbocycles. The summed E-state index contributed by atoms with van der Waals surface area (Å²) in [6.07, 6.45) is 4.46. The molecule has 2 aromatic heterocycles. The van der Waals surface area contributed by atoms with Crippen LogP contribution in [0.5, 0.6) is 0 Å². The van der Waals surface area contributed by atoms with Crippen molar-refractivity contribution >= 4 is 22.4 Å². The van der Waals surface area contributed by atoms with Crippen molar-refractivity contribution < 1.29 is 9.18 Å². The summed E-state index contributed by atoms with van der Waals surface area (Å²) in [5.74, 6) is -0.400. The van der Waals surface area contributed by atoms with Crippen LogP contribution in [0.3, 0.4) is 0 Å². The van der Waals surface area contributed by atoms with Crippen LogP contribution in [-0.4, -0.2) is 35.0 Å². The van der Waals surface area contributed by atoms with Gasteiger partial charge in [-0.05, 0) is 35.7 Å². The van der Waals surface area contributed by atoms with Gasteiger partial charge in [-0.25, -0.2) is 9.37 Å². The van der Waals surface area contributed by atoms with Crippen LogP contribution in [0.15, 0.2) is 48.1 Å². The second kappa shape index (κ2) is 6.68. The predicted molar refractivity (Wildman–Crippen MR) is 96.4 cm³/mol. The molecule has 1 amide bonds. The van der Waals surface area contributed by atoms with Gasteiger partial charge in [0.2, 0.25) is 0 Å². The summed E-state index contributed by atoms with van der Waals surface area (Å²) in [6, 6.07) is 8.11. The van der Waals surface area contributed by atoms with Gasteiger partial charge in [0.25, 0.3) is 5.91 Å². The second-order valence-corrected chi connectivity index (χ2v) is 6.90. The zero-order valence-corrected chi connectivity index (χ0v) is 14.2. The fourth-order valence-electron chi connectivity index (χ4n) is 3.02. The third kappa shape index (κ3) is 3.41. The summed E-state index contributed by atoms with van der Waals surface area (Å²) in [5, 5.41) is 6.02. The monoisotopic (exact) mass is 356 g/mol. The molecule has 1 fully saturated rings. The van der Waals surface area contributed by atoms with Crippen molar-refractivity contribution in [3.8, 4) is 11.1 Å². The Morgan fingerprint density at radius 3 is 2.92 bits per heavy atom. The maximum atomic E-state index is 13.0. The van der Waals surface area contributed by atoms with Crippen LogP contribution >= 0.6 is 11.3 Å². The number of halogens is 1. The first kappa shape index (κ1) is 15.8. The van der Waals surface area contributed by atoms with Gasteiger partial charge in [-0.1, -0.05) is 12.1 Å². The molecular weight excluding hydrogens is 339 g/mol. The minimum atomic E-state index is -0.275. The van der Waals surface area contributed by atoms with Gasteiger partial charge in [-0.3, -0.25) is 4.79 Å². The van der Waals surface area contributed by atoms with Gasteiger partial charge in [0.05, 0.1) is 0 Å². The van der Waals surface area contributed by atoms with Crippen LogP contribution in [0.25, 0.3) is 11.1 Å². The summed E-state index contributed by atoms with van der Waals surface area (Å²) in [5.41, 5.74) is 2.24. The number of benzene rings is 1. The van der Waals surface area contributed by atoms with Crippen molar-refractivity contribution in [2.75, 3.05) is 18.0 Å². The molecule has 7 heteroatoms. The van der Waals surface area contributed by atoms with E-state index in [2.05, 4.69) is 20.2 Å². The molecule has 0 spiro atoms. The van der Waals surface area contributed by atoms with Crippen molar-refractivity contribution in [1.29, 1.82) is 0 Å². The summed E-state index contributed by atoms with van der Waals surface area (Å²) in [6.45, 7) is 1.66. The smallest absolute Gasteiger partial charge is 0.267 e. The summed E-state index contributed by atoms with van der Waals surface area (Å²) < 4.78 is 13.0. The number of hydrogen-bond donors (Lipinski definition) is 2. The highest BCUT2D eigenvalue weighted by molar-refractivity contribution is 7.13. The molecule has 4 rings (SSSR count). The summed E-state index contributed by atoms with van der Waals surface area (Å²) in [4.78, 5) is 22.0. The van der Waals surface area contributed by atoms with Crippen molar-refractivity contribution in [3.05, 3.63) is 59.6 Å². The first-order chi connectivity index (χ1) is 12.2. The highest BCUT2D eigenvalue weighted by Gasteiger charge is 2.26. The Hall–Kier alpha value is -2.67. The highest BCUT2D eigenvalue weighted by Crippen LogP contribution is 2.23. The minimum absolute atomic E-state index is 0.106. The Morgan fingerprint density at radius 1 is 1.32 bits per heavy atom. The topological polar surface area (TPSA) is 61.0 Å². The lowest BCUT2D eigenvalue weighted by Crippen LogP contribution is -2.37. The SMILES string of the molecule is O=C(NC1CCN(c2nccs2)C1)c1cc(-c2ccc(F)cc2)c[nH]1. The number of carbonyl (C=O) groups is 1. The highest BCUT2D eigenvalue weighted by atomic mass is 32.1. The molecule has 0 bridgehead atoms. The van der Waals surface area contributed by atoms with E-state index in [1.54, 1.807) is 41.9 Å². The lowest BCUT2D eigenvalue weighted by molar-refractivity contribution is 0.0936. The first-order valence-corrected chi connectivity index (χ1v) is 8.97. The Labute approximate surface area is 148 Å². The maximum absolute atomic E-state index is 13.0. The molecule has 128 valence electrons. The van der Waals surface area contributed by atoms with Crippen LogP contribution in [0.1, 0.15) is 16.9 Å². The summed E-state index contributed by atoms with van der Waals surface area (Å²) in [7, 11) is 0. The lowest BCUT2D eigenvalue weighted by atomic mass is 10.1. The number of aromatic amines is 1.